The first kappa shape index (κ1) is 17.1. The Morgan fingerprint density at radius 3 is 2.64 bits per heavy atom. The van der Waals surface area contributed by atoms with E-state index in [0.717, 1.165) is 16.5 Å². The largest absolute Gasteiger partial charge is 0.326 e. The van der Waals surface area contributed by atoms with Crippen molar-refractivity contribution in [1.29, 1.82) is 0 Å². The molecule has 0 fully saturated rings. The second kappa shape index (κ2) is 6.64. The fourth-order valence-electron chi connectivity index (χ4n) is 2.69. The van der Waals surface area contributed by atoms with Crippen LogP contribution in [0.3, 0.4) is 0 Å². The molecule has 0 atom stereocenters. The Hall–Kier alpha value is -2.73. The Labute approximate surface area is 148 Å². The third-order valence-corrected chi connectivity index (χ3v) is 4.21. The fraction of sp³-hybridized carbons (Fsp3) is 0.167. The minimum Gasteiger partial charge on any atom is -0.326 e. The van der Waals surface area contributed by atoms with Crippen LogP contribution in [-0.4, -0.2) is 29.2 Å². The SMILES string of the molecule is Cc1cc(Cl)ccc1NC(=O)CCN1C(=O)c2cccc(F)c2C1=O. The minimum absolute atomic E-state index is 0.0268. The lowest BCUT2D eigenvalue weighted by Crippen LogP contribution is -2.33. The van der Waals surface area contributed by atoms with Gasteiger partial charge in [-0.1, -0.05) is 17.7 Å². The highest BCUT2D eigenvalue weighted by molar-refractivity contribution is 6.30. The highest BCUT2D eigenvalue weighted by Gasteiger charge is 2.37. The topological polar surface area (TPSA) is 66.5 Å². The molecule has 3 rings (SSSR count). The van der Waals surface area contributed by atoms with Crippen molar-refractivity contribution < 1.29 is 18.8 Å². The van der Waals surface area contributed by atoms with E-state index >= 15 is 0 Å². The summed E-state index contributed by atoms with van der Waals surface area (Å²) in [5.74, 6) is -2.40. The number of benzene rings is 2. The molecule has 0 spiro atoms. The van der Waals surface area contributed by atoms with E-state index in [9.17, 15) is 18.8 Å². The van der Waals surface area contributed by atoms with Crippen molar-refractivity contribution in [2.45, 2.75) is 13.3 Å². The second-order valence-electron chi connectivity index (χ2n) is 5.68. The molecule has 0 aromatic heterocycles. The van der Waals surface area contributed by atoms with Gasteiger partial charge in [-0.05, 0) is 42.8 Å². The van der Waals surface area contributed by atoms with Crippen molar-refractivity contribution in [2.24, 2.45) is 0 Å². The van der Waals surface area contributed by atoms with Crippen LogP contribution < -0.4 is 5.32 Å². The monoisotopic (exact) mass is 360 g/mol. The Balaban J connectivity index is 1.66. The number of nitrogens with one attached hydrogen (secondary N) is 1. The highest BCUT2D eigenvalue weighted by atomic mass is 35.5. The number of rotatable bonds is 4. The van der Waals surface area contributed by atoms with Crippen LogP contribution in [0.2, 0.25) is 5.02 Å². The van der Waals surface area contributed by atoms with E-state index < -0.39 is 17.6 Å². The lowest BCUT2D eigenvalue weighted by Gasteiger charge is -2.14. The van der Waals surface area contributed by atoms with E-state index in [1.807, 2.05) is 0 Å². The van der Waals surface area contributed by atoms with Crippen molar-refractivity contribution in [3.8, 4) is 0 Å². The summed E-state index contributed by atoms with van der Waals surface area (Å²) in [5, 5.41) is 3.26. The number of nitrogens with zero attached hydrogens (tertiary/aromatic N) is 1. The summed E-state index contributed by atoms with van der Waals surface area (Å²) in [5.41, 5.74) is 1.19. The second-order valence-corrected chi connectivity index (χ2v) is 6.12. The highest BCUT2D eigenvalue weighted by Crippen LogP contribution is 2.25. The van der Waals surface area contributed by atoms with Gasteiger partial charge in [0.05, 0.1) is 11.1 Å². The van der Waals surface area contributed by atoms with E-state index in [0.29, 0.717) is 10.7 Å². The van der Waals surface area contributed by atoms with Gasteiger partial charge >= 0.3 is 0 Å². The molecule has 0 unspecified atom stereocenters. The first-order valence-electron chi connectivity index (χ1n) is 7.59. The van der Waals surface area contributed by atoms with E-state index in [4.69, 9.17) is 11.6 Å². The van der Waals surface area contributed by atoms with Crippen molar-refractivity contribution in [1.82, 2.24) is 4.90 Å². The predicted octanol–water partition coefficient (Wildman–Crippen LogP) is 3.41. The van der Waals surface area contributed by atoms with Crippen molar-refractivity contribution in [2.75, 3.05) is 11.9 Å². The van der Waals surface area contributed by atoms with Crippen molar-refractivity contribution in [3.63, 3.8) is 0 Å². The molecule has 3 amide bonds. The Morgan fingerprint density at radius 2 is 1.96 bits per heavy atom. The zero-order valence-corrected chi connectivity index (χ0v) is 14.1. The number of hydrogen-bond acceptors (Lipinski definition) is 3. The number of fused-ring (bicyclic) bond motifs is 1. The average molecular weight is 361 g/mol. The molecule has 2 aromatic rings. The summed E-state index contributed by atoms with van der Waals surface area (Å²) >= 11 is 5.86. The zero-order chi connectivity index (χ0) is 18.1. The molecule has 0 saturated heterocycles. The normalized spacial score (nSPS) is 13.2. The van der Waals surface area contributed by atoms with Crippen molar-refractivity contribution >= 4 is 35.0 Å². The number of aryl methyl sites for hydroxylation is 1. The molecule has 0 bridgehead atoms. The molecule has 1 aliphatic heterocycles. The van der Waals surface area contributed by atoms with Crippen LogP contribution in [-0.2, 0) is 4.79 Å². The Kier molecular flexibility index (Phi) is 4.55. The molecule has 0 saturated carbocycles. The molecule has 5 nitrogen and oxygen atoms in total. The van der Waals surface area contributed by atoms with Crippen LogP contribution in [0, 0.1) is 12.7 Å². The average Bonchev–Trinajstić information content (AvgIpc) is 2.80. The van der Waals surface area contributed by atoms with E-state index in [1.54, 1.807) is 25.1 Å². The van der Waals surface area contributed by atoms with E-state index in [1.165, 1.54) is 12.1 Å². The van der Waals surface area contributed by atoms with E-state index in [-0.39, 0.29) is 30.0 Å². The maximum absolute atomic E-state index is 13.8. The maximum atomic E-state index is 13.8. The van der Waals surface area contributed by atoms with Crippen LogP contribution in [0.5, 0.6) is 0 Å². The molecule has 25 heavy (non-hydrogen) atoms. The number of carbonyl (C=O) groups excluding carboxylic acids is 3. The molecular weight excluding hydrogens is 347 g/mol. The molecule has 0 radical (unpaired) electrons. The van der Waals surface area contributed by atoms with Gasteiger partial charge in [0.15, 0.2) is 0 Å². The first-order chi connectivity index (χ1) is 11.9. The number of anilines is 1. The number of amides is 3. The molecule has 7 heteroatoms. The van der Waals surface area contributed by atoms with Gasteiger partial charge in [0, 0.05) is 23.7 Å². The molecule has 1 N–H and O–H groups in total. The fourth-order valence-corrected chi connectivity index (χ4v) is 2.92. The predicted molar refractivity (Wildman–Crippen MR) is 91.2 cm³/mol. The molecule has 128 valence electrons. The van der Waals surface area contributed by atoms with Crippen LogP contribution in [0.15, 0.2) is 36.4 Å². The van der Waals surface area contributed by atoms with Gasteiger partial charge in [-0.2, -0.15) is 0 Å². The van der Waals surface area contributed by atoms with Crippen LogP contribution in [0.4, 0.5) is 10.1 Å². The quantitative estimate of drug-likeness (QED) is 0.850. The molecule has 1 aliphatic rings. The summed E-state index contributed by atoms with van der Waals surface area (Å²) in [6.45, 7) is 1.68. The lowest BCUT2D eigenvalue weighted by molar-refractivity contribution is -0.116. The number of halogens is 2. The van der Waals surface area contributed by atoms with Gasteiger partial charge in [0.25, 0.3) is 11.8 Å². The maximum Gasteiger partial charge on any atom is 0.264 e. The Bertz CT molecular complexity index is 898. The summed E-state index contributed by atoms with van der Waals surface area (Å²) in [6.07, 6.45) is -0.0881. The zero-order valence-electron chi connectivity index (χ0n) is 13.3. The van der Waals surface area contributed by atoms with Gasteiger partial charge in [-0.25, -0.2) is 4.39 Å². The van der Waals surface area contributed by atoms with Gasteiger partial charge in [-0.15, -0.1) is 0 Å². The summed E-state index contributed by atoms with van der Waals surface area (Å²) in [6, 6.07) is 8.94. The van der Waals surface area contributed by atoms with Crippen LogP contribution >= 0.6 is 11.6 Å². The molecule has 2 aromatic carbocycles. The molecule has 1 heterocycles. The van der Waals surface area contributed by atoms with Gasteiger partial charge in [0.1, 0.15) is 5.82 Å². The van der Waals surface area contributed by atoms with Gasteiger partial charge in [0.2, 0.25) is 5.91 Å². The first-order valence-corrected chi connectivity index (χ1v) is 7.97. The number of imide groups is 1. The number of hydrogen-bond donors (Lipinski definition) is 1. The van der Waals surface area contributed by atoms with E-state index in [2.05, 4.69) is 5.32 Å². The molecular formula is C18H14ClFN2O3. The van der Waals surface area contributed by atoms with Crippen molar-refractivity contribution in [3.05, 3.63) is 63.9 Å². The Morgan fingerprint density at radius 1 is 1.20 bits per heavy atom. The third-order valence-electron chi connectivity index (χ3n) is 3.97. The third kappa shape index (κ3) is 3.25. The number of carbonyl (C=O) groups is 3. The van der Waals surface area contributed by atoms with Gasteiger partial charge < -0.3 is 5.32 Å². The molecule has 0 aliphatic carbocycles. The smallest absolute Gasteiger partial charge is 0.264 e. The van der Waals surface area contributed by atoms with Crippen LogP contribution in [0.25, 0.3) is 0 Å². The van der Waals surface area contributed by atoms with Crippen LogP contribution in [0.1, 0.15) is 32.7 Å². The van der Waals surface area contributed by atoms with Gasteiger partial charge in [-0.3, -0.25) is 19.3 Å². The lowest BCUT2D eigenvalue weighted by atomic mass is 10.1. The summed E-state index contributed by atoms with van der Waals surface area (Å²) in [7, 11) is 0. The standard InChI is InChI=1S/C18H14ClFN2O3/c1-10-9-11(19)5-6-14(10)21-15(23)7-8-22-17(24)12-3-2-4-13(20)16(12)18(22)25/h2-6,9H,7-8H2,1H3,(H,21,23). The minimum atomic E-state index is -0.736. The summed E-state index contributed by atoms with van der Waals surface area (Å²) in [4.78, 5) is 37.4. The summed E-state index contributed by atoms with van der Waals surface area (Å²) < 4.78 is 13.8.